The number of rotatable bonds is 2. The van der Waals surface area contributed by atoms with Gasteiger partial charge in [0.25, 0.3) is 0 Å². The highest BCUT2D eigenvalue weighted by Crippen LogP contribution is 2.24. The Morgan fingerprint density at radius 2 is 1.78 bits per heavy atom. The highest BCUT2D eigenvalue weighted by Gasteiger charge is 2.31. The summed E-state index contributed by atoms with van der Waals surface area (Å²) in [4.78, 5) is 28.2. The van der Waals surface area contributed by atoms with Crippen molar-refractivity contribution >= 4 is 12.0 Å². The summed E-state index contributed by atoms with van der Waals surface area (Å²) in [6, 6.07) is 8.35. The van der Waals surface area contributed by atoms with Gasteiger partial charge in [0.2, 0.25) is 5.91 Å². The third-order valence-electron chi connectivity index (χ3n) is 4.81. The summed E-state index contributed by atoms with van der Waals surface area (Å²) in [5.41, 5.74) is 2.62. The molecule has 0 saturated carbocycles. The maximum Gasteiger partial charge on any atom is 0.409 e. The van der Waals surface area contributed by atoms with Gasteiger partial charge in [0.05, 0.1) is 6.61 Å². The molecule has 2 heterocycles. The standard InChI is InChI=1S/C18H24N2O3/c1-2-23-18(22)19-10-8-15(9-11-19)17(21)20-12-7-14-5-3-4-6-16(14)13-20/h3-6,15H,2,7-13H2,1H3. The number of hydrogen-bond donors (Lipinski definition) is 0. The van der Waals surface area contributed by atoms with E-state index in [1.807, 2.05) is 17.9 Å². The molecule has 23 heavy (non-hydrogen) atoms. The Balaban J connectivity index is 1.55. The lowest BCUT2D eigenvalue weighted by Crippen LogP contribution is -2.45. The van der Waals surface area contributed by atoms with Crippen LogP contribution in [0.5, 0.6) is 0 Å². The molecule has 0 aromatic heterocycles. The Bertz CT molecular complexity index is 579. The minimum Gasteiger partial charge on any atom is -0.450 e. The van der Waals surface area contributed by atoms with Gasteiger partial charge in [-0.25, -0.2) is 4.79 Å². The van der Waals surface area contributed by atoms with Crippen LogP contribution in [0.4, 0.5) is 4.79 Å². The molecule has 0 atom stereocenters. The number of nitrogens with zero attached hydrogens (tertiary/aromatic N) is 2. The number of ether oxygens (including phenoxy) is 1. The Hall–Kier alpha value is -2.04. The number of carbonyl (C=O) groups is 2. The molecule has 1 saturated heterocycles. The second-order valence-corrected chi connectivity index (χ2v) is 6.24. The molecule has 5 heteroatoms. The van der Waals surface area contributed by atoms with Crippen LogP contribution in [0.2, 0.25) is 0 Å². The predicted octanol–water partition coefficient (Wildman–Crippen LogP) is 2.44. The van der Waals surface area contributed by atoms with E-state index in [4.69, 9.17) is 4.74 Å². The maximum atomic E-state index is 12.8. The number of likely N-dealkylation sites (tertiary alicyclic amines) is 1. The third-order valence-corrected chi connectivity index (χ3v) is 4.81. The molecule has 0 spiro atoms. The lowest BCUT2D eigenvalue weighted by molar-refractivity contribution is -0.138. The molecule has 3 rings (SSSR count). The van der Waals surface area contributed by atoms with E-state index < -0.39 is 0 Å². The first-order chi connectivity index (χ1) is 11.2. The number of benzene rings is 1. The molecule has 0 aliphatic carbocycles. The predicted molar refractivity (Wildman–Crippen MR) is 86.9 cm³/mol. The second-order valence-electron chi connectivity index (χ2n) is 6.24. The Labute approximate surface area is 137 Å². The molecule has 2 aliphatic heterocycles. The quantitative estimate of drug-likeness (QED) is 0.842. The van der Waals surface area contributed by atoms with Crippen LogP contribution in [0.15, 0.2) is 24.3 Å². The monoisotopic (exact) mass is 316 g/mol. The van der Waals surface area contributed by atoms with Crippen molar-refractivity contribution in [3.63, 3.8) is 0 Å². The molecule has 0 N–H and O–H groups in total. The minimum atomic E-state index is -0.259. The average Bonchev–Trinajstić information content (AvgIpc) is 2.61. The van der Waals surface area contributed by atoms with Crippen molar-refractivity contribution in [2.45, 2.75) is 32.7 Å². The molecular formula is C18H24N2O3. The number of amides is 2. The van der Waals surface area contributed by atoms with Gasteiger partial charge in [-0.05, 0) is 37.3 Å². The van der Waals surface area contributed by atoms with Crippen molar-refractivity contribution in [2.24, 2.45) is 5.92 Å². The van der Waals surface area contributed by atoms with Gasteiger partial charge in [-0.3, -0.25) is 4.79 Å². The van der Waals surface area contributed by atoms with E-state index in [0.717, 1.165) is 25.8 Å². The summed E-state index contributed by atoms with van der Waals surface area (Å²) >= 11 is 0. The van der Waals surface area contributed by atoms with Crippen LogP contribution in [0, 0.1) is 5.92 Å². The van der Waals surface area contributed by atoms with Crippen LogP contribution in [-0.4, -0.2) is 48.0 Å². The normalized spacial score (nSPS) is 18.5. The van der Waals surface area contributed by atoms with Gasteiger partial charge in [-0.15, -0.1) is 0 Å². The lowest BCUT2D eigenvalue weighted by Gasteiger charge is -2.35. The van der Waals surface area contributed by atoms with Gasteiger partial charge >= 0.3 is 6.09 Å². The van der Waals surface area contributed by atoms with Crippen LogP contribution < -0.4 is 0 Å². The number of carbonyl (C=O) groups excluding carboxylic acids is 2. The van der Waals surface area contributed by atoms with Crippen molar-refractivity contribution in [3.05, 3.63) is 35.4 Å². The van der Waals surface area contributed by atoms with E-state index in [1.54, 1.807) is 4.90 Å². The molecule has 1 aromatic rings. The summed E-state index contributed by atoms with van der Waals surface area (Å²) in [6.45, 7) is 4.94. The SMILES string of the molecule is CCOC(=O)N1CCC(C(=O)N2CCc3ccccc3C2)CC1. The van der Waals surface area contributed by atoms with E-state index in [0.29, 0.717) is 26.2 Å². The highest BCUT2D eigenvalue weighted by molar-refractivity contribution is 5.79. The first-order valence-corrected chi connectivity index (χ1v) is 8.46. The fourth-order valence-electron chi connectivity index (χ4n) is 3.47. The summed E-state index contributed by atoms with van der Waals surface area (Å²) < 4.78 is 5.02. The van der Waals surface area contributed by atoms with Crippen LogP contribution in [0.25, 0.3) is 0 Å². The minimum absolute atomic E-state index is 0.0333. The summed E-state index contributed by atoms with van der Waals surface area (Å²) in [6.07, 6.45) is 2.14. The first-order valence-electron chi connectivity index (χ1n) is 8.46. The third kappa shape index (κ3) is 3.49. The largest absolute Gasteiger partial charge is 0.450 e. The summed E-state index contributed by atoms with van der Waals surface area (Å²) in [5, 5.41) is 0. The zero-order chi connectivity index (χ0) is 16.2. The van der Waals surface area contributed by atoms with E-state index in [9.17, 15) is 9.59 Å². The maximum absolute atomic E-state index is 12.8. The van der Waals surface area contributed by atoms with Crippen molar-refractivity contribution in [3.8, 4) is 0 Å². The molecule has 2 aliphatic rings. The van der Waals surface area contributed by atoms with E-state index in [1.165, 1.54) is 11.1 Å². The van der Waals surface area contributed by atoms with E-state index >= 15 is 0 Å². The number of hydrogen-bond acceptors (Lipinski definition) is 3. The van der Waals surface area contributed by atoms with E-state index in [-0.39, 0.29) is 17.9 Å². The number of piperidine rings is 1. The van der Waals surface area contributed by atoms with Gasteiger partial charge in [0.1, 0.15) is 0 Å². The zero-order valence-electron chi connectivity index (χ0n) is 13.7. The highest BCUT2D eigenvalue weighted by atomic mass is 16.6. The Morgan fingerprint density at radius 3 is 2.48 bits per heavy atom. The van der Waals surface area contributed by atoms with Gasteiger partial charge in [0.15, 0.2) is 0 Å². The fourth-order valence-corrected chi connectivity index (χ4v) is 3.47. The molecule has 0 unspecified atom stereocenters. The molecule has 1 aromatic carbocycles. The topological polar surface area (TPSA) is 49.9 Å². The molecular weight excluding hydrogens is 292 g/mol. The van der Waals surface area contributed by atoms with Crippen LogP contribution >= 0.6 is 0 Å². The number of fused-ring (bicyclic) bond motifs is 1. The molecule has 0 radical (unpaired) electrons. The Morgan fingerprint density at radius 1 is 1.09 bits per heavy atom. The molecule has 2 amide bonds. The van der Waals surface area contributed by atoms with Crippen molar-refractivity contribution < 1.29 is 14.3 Å². The van der Waals surface area contributed by atoms with Gasteiger partial charge in [-0.1, -0.05) is 24.3 Å². The average molecular weight is 316 g/mol. The Kier molecular flexibility index (Phi) is 4.84. The van der Waals surface area contributed by atoms with Crippen LogP contribution in [0.1, 0.15) is 30.9 Å². The van der Waals surface area contributed by atoms with E-state index in [2.05, 4.69) is 18.2 Å². The zero-order valence-corrected chi connectivity index (χ0v) is 13.7. The summed E-state index contributed by atoms with van der Waals surface area (Å²) in [5.74, 6) is 0.272. The molecule has 5 nitrogen and oxygen atoms in total. The van der Waals surface area contributed by atoms with Crippen LogP contribution in [0.3, 0.4) is 0 Å². The van der Waals surface area contributed by atoms with Gasteiger partial charge in [0, 0.05) is 32.1 Å². The second kappa shape index (κ2) is 7.02. The van der Waals surface area contributed by atoms with Crippen molar-refractivity contribution in [1.29, 1.82) is 0 Å². The molecule has 0 bridgehead atoms. The first kappa shape index (κ1) is 15.8. The van der Waals surface area contributed by atoms with Gasteiger partial charge in [-0.2, -0.15) is 0 Å². The molecule has 124 valence electrons. The molecule has 1 fully saturated rings. The summed E-state index contributed by atoms with van der Waals surface area (Å²) in [7, 11) is 0. The van der Waals surface area contributed by atoms with Crippen LogP contribution in [-0.2, 0) is 22.5 Å². The van der Waals surface area contributed by atoms with Crippen molar-refractivity contribution in [2.75, 3.05) is 26.2 Å². The lowest BCUT2D eigenvalue weighted by atomic mass is 9.93. The smallest absolute Gasteiger partial charge is 0.409 e. The van der Waals surface area contributed by atoms with Crippen molar-refractivity contribution in [1.82, 2.24) is 9.80 Å². The van der Waals surface area contributed by atoms with Gasteiger partial charge < -0.3 is 14.5 Å². The fraction of sp³-hybridized carbons (Fsp3) is 0.556.